The number of nitrogens with one attached hydrogen (secondary N) is 2. The number of hydrogen-bond donors (Lipinski definition) is 2. The Balaban J connectivity index is 0.00000112. The van der Waals surface area contributed by atoms with Gasteiger partial charge in [0.15, 0.2) is 0 Å². The van der Waals surface area contributed by atoms with Gasteiger partial charge >= 0.3 is 0 Å². The summed E-state index contributed by atoms with van der Waals surface area (Å²) >= 11 is 0. The fourth-order valence-electron chi connectivity index (χ4n) is 1.70. The Morgan fingerprint density at radius 3 is 3.07 bits per heavy atom. The molecular formula is C10H17ClN4. The smallest absolute Gasteiger partial charge is 0.0724 e. The number of hydrogen-bond acceptors (Lipinski definition) is 4. The third kappa shape index (κ3) is 4.11. The molecular weight excluding hydrogens is 212 g/mol. The summed E-state index contributed by atoms with van der Waals surface area (Å²) in [4.78, 5) is 8.25. The number of halogens is 1. The molecule has 1 fully saturated rings. The van der Waals surface area contributed by atoms with Crippen LogP contribution < -0.4 is 10.6 Å². The van der Waals surface area contributed by atoms with Crippen LogP contribution in [0.15, 0.2) is 18.6 Å². The Morgan fingerprint density at radius 1 is 1.47 bits per heavy atom. The molecule has 1 aliphatic rings. The first kappa shape index (κ1) is 12.4. The lowest BCUT2D eigenvalue weighted by molar-refractivity contribution is 0.387. The second-order valence-corrected chi connectivity index (χ2v) is 3.62. The number of piperidine rings is 1. The van der Waals surface area contributed by atoms with Gasteiger partial charge in [-0.1, -0.05) is 0 Å². The lowest BCUT2D eigenvalue weighted by Crippen LogP contribution is -2.42. The highest BCUT2D eigenvalue weighted by Gasteiger charge is 2.11. The predicted octanol–water partition coefficient (Wildman–Crippen LogP) is 0.740. The van der Waals surface area contributed by atoms with Crippen LogP contribution >= 0.6 is 12.4 Å². The van der Waals surface area contributed by atoms with E-state index in [-0.39, 0.29) is 12.4 Å². The van der Waals surface area contributed by atoms with Crippen LogP contribution in [0.4, 0.5) is 0 Å². The highest BCUT2D eigenvalue weighted by Crippen LogP contribution is 2.02. The molecule has 1 aromatic heterocycles. The lowest BCUT2D eigenvalue weighted by atomic mass is 10.1. The fourth-order valence-corrected chi connectivity index (χ4v) is 1.70. The summed E-state index contributed by atoms with van der Waals surface area (Å²) in [5.41, 5.74) is 1.01. The minimum Gasteiger partial charge on any atom is -0.315 e. The van der Waals surface area contributed by atoms with Crippen LogP contribution in [-0.4, -0.2) is 29.1 Å². The van der Waals surface area contributed by atoms with Crippen LogP contribution in [0.25, 0.3) is 0 Å². The van der Waals surface area contributed by atoms with Crippen LogP contribution in [0.3, 0.4) is 0 Å². The van der Waals surface area contributed by atoms with Crippen LogP contribution in [0.2, 0.25) is 0 Å². The summed E-state index contributed by atoms with van der Waals surface area (Å²) in [5, 5.41) is 6.85. The molecule has 0 aromatic carbocycles. The summed E-state index contributed by atoms with van der Waals surface area (Å²) < 4.78 is 0. The van der Waals surface area contributed by atoms with Gasteiger partial charge in [0.05, 0.1) is 5.69 Å². The van der Waals surface area contributed by atoms with Crippen LogP contribution in [-0.2, 0) is 6.54 Å². The Hall–Kier alpha value is -0.710. The SMILES string of the molecule is Cl.c1cnc(CN[C@@H]2CCCNC2)cn1. The largest absolute Gasteiger partial charge is 0.315 e. The van der Waals surface area contributed by atoms with Crippen LogP contribution in [0.1, 0.15) is 18.5 Å². The van der Waals surface area contributed by atoms with Gasteiger partial charge in [-0.25, -0.2) is 0 Å². The van der Waals surface area contributed by atoms with Crippen molar-refractivity contribution in [2.45, 2.75) is 25.4 Å². The van der Waals surface area contributed by atoms with E-state index in [1.54, 1.807) is 12.4 Å². The Bertz CT molecular complexity index is 261. The molecule has 84 valence electrons. The molecule has 1 aromatic rings. The minimum absolute atomic E-state index is 0. The van der Waals surface area contributed by atoms with Gasteiger partial charge in [-0.3, -0.25) is 9.97 Å². The van der Waals surface area contributed by atoms with E-state index in [0.717, 1.165) is 25.3 Å². The molecule has 0 aliphatic carbocycles. The fraction of sp³-hybridized carbons (Fsp3) is 0.600. The Labute approximate surface area is 96.3 Å². The molecule has 2 rings (SSSR count). The second kappa shape index (κ2) is 6.71. The first-order valence-corrected chi connectivity index (χ1v) is 5.14. The summed E-state index contributed by atoms with van der Waals surface area (Å²) in [6.07, 6.45) is 7.76. The lowest BCUT2D eigenvalue weighted by Gasteiger charge is -2.23. The van der Waals surface area contributed by atoms with E-state index >= 15 is 0 Å². The van der Waals surface area contributed by atoms with Crippen molar-refractivity contribution in [3.05, 3.63) is 24.3 Å². The first-order chi connectivity index (χ1) is 6.95. The molecule has 5 heteroatoms. The van der Waals surface area contributed by atoms with Crippen molar-refractivity contribution in [3.8, 4) is 0 Å². The zero-order chi connectivity index (χ0) is 9.64. The van der Waals surface area contributed by atoms with Gasteiger partial charge in [0.1, 0.15) is 0 Å². The molecule has 0 amide bonds. The molecule has 1 aliphatic heterocycles. The molecule has 1 atom stereocenters. The maximum atomic E-state index is 4.22. The van der Waals surface area contributed by atoms with Gasteiger partial charge in [0.25, 0.3) is 0 Å². The molecule has 0 saturated carbocycles. The van der Waals surface area contributed by atoms with Crippen molar-refractivity contribution < 1.29 is 0 Å². The zero-order valence-corrected chi connectivity index (χ0v) is 9.46. The van der Waals surface area contributed by atoms with E-state index in [9.17, 15) is 0 Å². The van der Waals surface area contributed by atoms with Gasteiger partial charge < -0.3 is 10.6 Å². The molecule has 0 bridgehead atoms. The molecule has 1 saturated heterocycles. The van der Waals surface area contributed by atoms with Crippen molar-refractivity contribution in [2.75, 3.05) is 13.1 Å². The zero-order valence-electron chi connectivity index (χ0n) is 8.65. The highest BCUT2D eigenvalue weighted by atomic mass is 35.5. The Kier molecular flexibility index (Phi) is 5.53. The van der Waals surface area contributed by atoms with Gasteiger partial charge in [0.2, 0.25) is 0 Å². The third-order valence-corrected chi connectivity index (χ3v) is 2.49. The molecule has 2 N–H and O–H groups in total. The monoisotopic (exact) mass is 228 g/mol. The van der Waals surface area contributed by atoms with Crippen molar-refractivity contribution in [1.82, 2.24) is 20.6 Å². The molecule has 0 radical (unpaired) electrons. The highest BCUT2D eigenvalue weighted by molar-refractivity contribution is 5.85. The Morgan fingerprint density at radius 2 is 2.40 bits per heavy atom. The van der Waals surface area contributed by atoms with Crippen molar-refractivity contribution >= 4 is 12.4 Å². The van der Waals surface area contributed by atoms with E-state index in [1.807, 2.05) is 6.20 Å². The average molecular weight is 229 g/mol. The van der Waals surface area contributed by atoms with Crippen molar-refractivity contribution in [1.29, 1.82) is 0 Å². The predicted molar refractivity (Wildman–Crippen MR) is 62.0 cm³/mol. The number of nitrogens with zero attached hydrogens (tertiary/aromatic N) is 2. The van der Waals surface area contributed by atoms with Crippen LogP contribution in [0.5, 0.6) is 0 Å². The quantitative estimate of drug-likeness (QED) is 0.802. The molecule has 15 heavy (non-hydrogen) atoms. The number of aromatic nitrogens is 2. The summed E-state index contributed by atoms with van der Waals surface area (Å²) in [6, 6.07) is 0.589. The van der Waals surface area contributed by atoms with Gasteiger partial charge in [-0.05, 0) is 19.4 Å². The summed E-state index contributed by atoms with van der Waals surface area (Å²) in [5.74, 6) is 0. The van der Waals surface area contributed by atoms with E-state index in [1.165, 1.54) is 12.8 Å². The molecule has 2 heterocycles. The maximum absolute atomic E-state index is 4.22. The summed E-state index contributed by atoms with van der Waals surface area (Å²) in [6.45, 7) is 3.05. The molecule has 0 spiro atoms. The van der Waals surface area contributed by atoms with Gasteiger partial charge in [0, 0.05) is 37.7 Å². The average Bonchev–Trinajstić information content (AvgIpc) is 2.29. The summed E-state index contributed by atoms with van der Waals surface area (Å²) in [7, 11) is 0. The van der Waals surface area contributed by atoms with E-state index in [4.69, 9.17) is 0 Å². The van der Waals surface area contributed by atoms with E-state index < -0.39 is 0 Å². The van der Waals surface area contributed by atoms with E-state index in [2.05, 4.69) is 20.6 Å². The number of rotatable bonds is 3. The molecule has 4 nitrogen and oxygen atoms in total. The van der Waals surface area contributed by atoms with Crippen molar-refractivity contribution in [2.24, 2.45) is 0 Å². The normalized spacial score (nSPS) is 20.7. The van der Waals surface area contributed by atoms with Gasteiger partial charge in [-0.2, -0.15) is 0 Å². The van der Waals surface area contributed by atoms with Crippen LogP contribution in [0, 0.1) is 0 Å². The first-order valence-electron chi connectivity index (χ1n) is 5.14. The topological polar surface area (TPSA) is 49.8 Å². The third-order valence-electron chi connectivity index (χ3n) is 2.49. The minimum atomic E-state index is 0. The molecule has 0 unspecified atom stereocenters. The standard InChI is InChI=1S/C10H16N4.ClH/c1-2-9(6-11-3-1)14-8-10-7-12-4-5-13-10;/h4-5,7,9,11,14H,1-3,6,8H2;1H/t9-;/m1./s1. The van der Waals surface area contributed by atoms with Crippen molar-refractivity contribution in [3.63, 3.8) is 0 Å². The van der Waals surface area contributed by atoms with Gasteiger partial charge in [-0.15, -0.1) is 12.4 Å². The second-order valence-electron chi connectivity index (χ2n) is 3.62. The van der Waals surface area contributed by atoms with E-state index in [0.29, 0.717) is 6.04 Å². The maximum Gasteiger partial charge on any atom is 0.0724 e.